The van der Waals surface area contributed by atoms with Crippen LogP contribution >= 0.6 is 7.82 Å². The molecule has 0 aliphatic heterocycles. The van der Waals surface area contributed by atoms with Crippen molar-refractivity contribution in [1.29, 1.82) is 0 Å². The van der Waals surface area contributed by atoms with Crippen molar-refractivity contribution >= 4 is 7.82 Å². The molecule has 22 heavy (non-hydrogen) atoms. The van der Waals surface area contributed by atoms with Gasteiger partial charge >= 0.3 is 20.2 Å². The standard InChI is InChI=1S/C9H11F6O6P/c1-2-3-19-22(16,20-6-17-4-8(10,11)12)21-7-18-5-9(13,14)15/h1H,3-7H2. The van der Waals surface area contributed by atoms with Crippen molar-refractivity contribution in [2.24, 2.45) is 0 Å². The van der Waals surface area contributed by atoms with Crippen molar-refractivity contribution in [1.82, 2.24) is 0 Å². The molecule has 0 aliphatic rings. The second-order valence-corrected chi connectivity index (χ2v) is 5.01. The monoisotopic (exact) mass is 360 g/mol. The Morgan fingerprint density at radius 2 is 1.27 bits per heavy atom. The summed E-state index contributed by atoms with van der Waals surface area (Å²) in [6, 6.07) is 0. The van der Waals surface area contributed by atoms with E-state index >= 15 is 0 Å². The van der Waals surface area contributed by atoms with Crippen LogP contribution < -0.4 is 0 Å². The van der Waals surface area contributed by atoms with E-state index in [1.807, 2.05) is 5.92 Å². The Balaban J connectivity index is 4.23. The first-order valence-corrected chi connectivity index (χ1v) is 6.69. The van der Waals surface area contributed by atoms with Gasteiger partial charge in [-0.05, 0) is 0 Å². The van der Waals surface area contributed by atoms with E-state index in [-0.39, 0.29) is 0 Å². The lowest BCUT2D eigenvalue weighted by atomic mass is 10.7. The van der Waals surface area contributed by atoms with Gasteiger partial charge in [-0.25, -0.2) is 4.57 Å². The van der Waals surface area contributed by atoms with Crippen LogP contribution in [-0.2, 0) is 27.6 Å². The zero-order valence-corrected chi connectivity index (χ0v) is 11.7. The average molecular weight is 360 g/mol. The summed E-state index contributed by atoms with van der Waals surface area (Å²) in [6.07, 6.45) is -4.51. The molecule has 6 nitrogen and oxygen atoms in total. The lowest BCUT2D eigenvalue weighted by molar-refractivity contribution is -0.194. The highest BCUT2D eigenvalue weighted by atomic mass is 31.2. The summed E-state index contributed by atoms with van der Waals surface area (Å²) in [4.78, 5) is 0. The minimum atomic E-state index is -4.65. The molecule has 0 aliphatic carbocycles. The first kappa shape index (κ1) is 21.2. The maximum Gasteiger partial charge on any atom is 0.479 e. The molecule has 0 aromatic rings. The van der Waals surface area contributed by atoms with Crippen LogP contribution in [-0.4, -0.2) is 45.8 Å². The fourth-order valence-corrected chi connectivity index (χ4v) is 1.61. The summed E-state index contributed by atoms with van der Waals surface area (Å²) in [5.41, 5.74) is 0. The largest absolute Gasteiger partial charge is 0.479 e. The predicted octanol–water partition coefficient (Wildman–Crippen LogP) is 2.85. The summed E-state index contributed by atoms with van der Waals surface area (Å²) in [5.74, 6) is 1.86. The van der Waals surface area contributed by atoms with Crippen LogP contribution in [0.3, 0.4) is 0 Å². The van der Waals surface area contributed by atoms with Crippen LogP contribution in [0.5, 0.6) is 0 Å². The van der Waals surface area contributed by atoms with Crippen molar-refractivity contribution in [3.63, 3.8) is 0 Å². The number of ether oxygens (including phenoxy) is 2. The maximum atomic E-state index is 11.8. The summed E-state index contributed by atoms with van der Waals surface area (Å²) in [5, 5.41) is 0. The zero-order chi connectivity index (χ0) is 17.3. The Morgan fingerprint density at radius 1 is 0.864 bits per heavy atom. The molecule has 0 fully saturated rings. The van der Waals surface area contributed by atoms with Crippen LogP contribution in [0, 0.1) is 12.3 Å². The summed E-state index contributed by atoms with van der Waals surface area (Å²) < 4.78 is 103. The molecule has 0 unspecified atom stereocenters. The van der Waals surface area contributed by atoms with Gasteiger partial charge in [0.25, 0.3) is 0 Å². The van der Waals surface area contributed by atoms with Crippen molar-refractivity contribution in [3.05, 3.63) is 0 Å². The van der Waals surface area contributed by atoms with Gasteiger partial charge in [0.1, 0.15) is 19.8 Å². The van der Waals surface area contributed by atoms with E-state index in [0.717, 1.165) is 0 Å². The molecule has 0 spiro atoms. The van der Waals surface area contributed by atoms with Crippen LogP contribution in [0.1, 0.15) is 0 Å². The number of rotatable bonds is 10. The molecule has 0 aromatic carbocycles. The number of alkyl halides is 6. The highest BCUT2D eigenvalue weighted by molar-refractivity contribution is 7.48. The van der Waals surface area contributed by atoms with Gasteiger partial charge in [-0.15, -0.1) is 6.42 Å². The normalized spacial score (nSPS) is 13.1. The Bertz CT molecular complexity index is 377. The van der Waals surface area contributed by atoms with Crippen LogP contribution in [0.4, 0.5) is 26.3 Å². The van der Waals surface area contributed by atoms with E-state index in [0.29, 0.717) is 0 Å². The molecular formula is C9H11F6O6P. The molecule has 0 bridgehead atoms. The first-order valence-electron chi connectivity index (χ1n) is 5.23. The predicted molar refractivity (Wildman–Crippen MR) is 58.3 cm³/mol. The first-order chi connectivity index (χ1) is 9.97. The fourth-order valence-electron chi connectivity index (χ4n) is 0.747. The number of phosphoric ester groups is 1. The van der Waals surface area contributed by atoms with Crippen LogP contribution in [0.15, 0.2) is 0 Å². The molecule has 0 radical (unpaired) electrons. The van der Waals surface area contributed by atoms with Gasteiger partial charge in [0.15, 0.2) is 13.6 Å². The lowest BCUT2D eigenvalue weighted by Gasteiger charge is -2.17. The Hall–Kier alpha value is -0.830. The molecule has 0 N–H and O–H groups in total. The second-order valence-electron chi connectivity index (χ2n) is 3.35. The average Bonchev–Trinajstić information content (AvgIpc) is 2.36. The van der Waals surface area contributed by atoms with E-state index in [1.54, 1.807) is 0 Å². The molecule has 0 atom stereocenters. The van der Waals surface area contributed by atoms with Crippen molar-refractivity contribution in [2.45, 2.75) is 12.4 Å². The molecule has 0 amide bonds. The SMILES string of the molecule is C#CCOP(=O)(OCOCC(F)(F)F)OCOCC(F)(F)F. The Kier molecular flexibility index (Phi) is 8.99. The van der Waals surface area contributed by atoms with Crippen molar-refractivity contribution in [2.75, 3.05) is 33.4 Å². The van der Waals surface area contributed by atoms with Gasteiger partial charge in [-0.2, -0.15) is 26.3 Å². The van der Waals surface area contributed by atoms with Crippen LogP contribution in [0.2, 0.25) is 0 Å². The molecule has 0 saturated heterocycles. The van der Waals surface area contributed by atoms with E-state index in [1.165, 1.54) is 0 Å². The third-order valence-corrected chi connectivity index (χ3v) is 2.71. The molecule has 0 aromatic heterocycles. The van der Waals surface area contributed by atoms with Crippen molar-refractivity contribution in [3.8, 4) is 12.3 Å². The summed E-state index contributed by atoms with van der Waals surface area (Å²) >= 11 is 0. The van der Waals surface area contributed by atoms with E-state index in [2.05, 4.69) is 23.0 Å². The number of terminal acetylenes is 1. The van der Waals surface area contributed by atoms with E-state index in [4.69, 9.17) is 6.42 Å². The molecule has 0 saturated carbocycles. The van der Waals surface area contributed by atoms with Crippen molar-refractivity contribution < 1.29 is 54.0 Å². The van der Waals surface area contributed by atoms with Gasteiger partial charge in [-0.1, -0.05) is 5.92 Å². The summed E-state index contributed by atoms with van der Waals surface area (Å²) in [7, 11) is -4.53. The third-order valence-electron chi connectivity index (χ3n) is 1.43. The van der Waals surface area contributed by atoms with E-state index in [9.17, 15) is 30.9 Å². The van der Waals surface area contributed by atoms with Crippen LogP contribution in [0.25, 0.3) is 0 Å². The topological polar surface area (TPSA) is 63.2 Å². The smallest absolute Gasteiger partial charge is 0.345 e. The Morgan fingerprint density at radius 3 is 1.59 bits per heavy atom. The molecule has 13 heteroatoms. The fraction of sp³-hybridized carbons (Fsp3) is 0.778. The van der Waals surface area contributed by atoms with Gasteiger partial charge in [0, 0.05) is 0 Å². The number of phosphoric acid groups is 1. The number of hydrogen-bond acceptors (Lipinski definition) is 6. The second kappa shape index (κ2) is 9.34. The minimum Gasteiger partial charge on any atom is -0.345 e. The van der Waals surface area contributed by atoms with E-state index < -0.39 is 53.6 Å². The van der Waals surface area contributed by atoms with Gasteiger partial charge in [0.2, 0.25) is 0 Å². The number of hydrogen-bond donors (Lipinski definition) is 0. The highest BCUT2D eigenvalue weighted by Gasteiger charge is 2.32. The minimum absolute atomic E-state index is 0.629. The lowest BCUT2D eigenvalue weighted by Crippen LogP contribution is -2.19. The maximum absolute atomic E-state index is 11.8. The molecule has 130 valence electrons. The Labute approximate surface area is 121 Å². The van der Waals surface area contributed by atoms with Gasteiger partial charge < -0.3 is 9.47 Å². The zero-order valence-electron chi connectivity index (χ0n) is 10.8. The third kappa shape index (κ3) is 12.9. The van der Waals surface area contributed by atoms with Gasteiger partial charge in [0.05, 0.1) is 0 Å². The quantitative estimate of drug-likeness (QED) is 0.196. The molecule has 0 heterocycles. The highest BCUT2D eigenvalue weighted by Crippen LogP contribution is 2.49. The molecular weight excluding hydrogens is 349 g/mol. The number of halogens is 6. The summed E-state index contributed by atoms with van der Waals surface area (Å²) in [6.45, 7) is -6.34. The molecule has 0 rings (SSSR count). The van der Waals surface area contributed by atoms with Gasteiger partial charge in [-0.3, -0.25) is 13.6 Å².